The van der Waals surface area contributed by atoms with Crippen LogP contribution in [0.4, 0.5) is 4.39 Å². The number of imidazole rings is 1. The van der Waals surface area contributed by atoms with Crippen LogP contribution in [0.5, 0.6) is 11.5 Å². The molecule has 0 aliphatic carbocycles. The van der Waals surface area contributed by atoms with Crippen molar-refractivity contribution in [2.24, 2.45) is 0 Å². The fourth-order valence-corrected chi connectivity index (χ4v) is 4.24. The Morgan fingerprint density at radius 3 is 2.32 bits per heavy atom. The number of benzene rings is 2. The smallest absolute Gasteiger partial charge is 0.123 e. The Balaban J connectivity index is 1.19. The van der Waals surface area contributed by atoms with Crippen molar-refractivity contribution in [3.05, 3.63) is 78.1 Å². The molecule has 0 radical (unpaired) electrons. The van der Waals surface area contributed by atoms with E-state index in [2.05, 4.69) is 40.4 Å². The standard InChI is InChI=1S/C27H34FN3O3/c1-21(2)26-29-13-16-31(26)17-18-33-24-7-3-22(4-8-24)19-30-14-11-27(32,12-15-30)20-34-25-9-5-23(28)6-10-25/h3-10,13,16,21,32H,11-12,14-15,17-20H2,1-2H3. The number of ether oxygens (including phenoxy) is 2. The molecule has 4 rings (SSSR count). The Hall–Kier alpha value is -2.90. The van der Waals surface area contributed by atoms with E-state index in [1.165, 1.54) is 17.7 Å². The lowest BCUT2D eigenvalue weighted by atomic mass is 9.92. The fraction of sp³-hybridized carbons (Fsp3) is 0.444. The van der Waals surface area contributed by atoms with Crippen molar-refractivity contribution in [2.75, 3.05) is 26.3 Å². The summed E-state index contributed by atoms with van der Waals surface area (Å²) in [4.78, 5) is 6.75. The molecule has 1 aromatic heterocycles. The number of hydrogen-bond donors (Lipinski definition) is 1. The van der Waals surface area contributed by atoms with E-state index in [4.69, 9.17) is 9.47 Å². The Kier molecular flexibility index (Phi) is 7.85. The van der Waals surface area contributed by atoms with E-state index in [1.54, 1.807) is 12.1 Å². The van der Waals surface area contributed by atoms with Crippen LogP contribution in [0.3, 0.4) is 0 Å². The van der Waals surface area contributed by atoms with Gasteiger partial charge in [0.1, 0.15) is 42.0 Å². The second-order valence-corrected chi connectivity index (χ2v) is 9.37. The third-order valence-corrected chi connectivity index (χ3v) is 6.30. The van der Waals surface area contributed by atoms with Gasteiger partial charge in [0.15, 0.2) is 0 Å². The highest BCUT2D eigenvalue weighted by Gasteiger charge is 2.33. The van der Waals surface area contributed by atoms with Crippen LogP contribution in [-0.2, 0) is 13.1 Å². The van der Waals surface area contributed by atoms with Crippen molar-refractivity contribution in [2.45, 2.75) is 51.3 Å². The topological polar surface area (TPSA) is 59.8 Å². The van der Waals surface area contributed by atoms with E-state index in [0.29, 0.717) is 31.1 Å². The summed E-state index contributed by atoms with van der Waals surface area (Å²) in [5.41, 5.74) is 0.366. The van der Waals surface area contributed by atoms with Gasteiger partial charge in [-0.2, -0.15) is 0 Å². The first-order chi connectivity index (χ1) is 16.4. The van der Waals surface area contributed by atoms with E-state index >= 15 is 0 Å². The lowest BCUT2D eigenvalue weighted by molar-refractivity contribution is -0.0537. The Bertz CT molecular complexity index is 1030. The molecule has 3 aromatic rings. The highest BCUT2D eigenvalue weighted by molar-refractivity contribution is 5.27. The average molecular weight is 468 g/mol. The minimum absolute atomic E-state index is 0.218. The first kappa shape index (κ1) is 24.2. The number of aromatic nitrogens is 2. The van der Waals surface area contributed by atoms with Gasteiger partial charge in [-0.25, -0.2) is 9.37 Å². The number of nitrogens with zero attached hydrogens (tertiary/aromatic N) is 3. The van der Waals surface area contributed by atoms with Crippen LogP contribution in [0.15, 0.2) is 60.9 Å². The van der Waals surface area contributed by atoms with Gasteiger partial charge in [-0.05, 0) is 54.8 Å². The number of rotatable bonds is 10. The van der Waals surface area contributed by atoms with Gasteiger partial charge >= 0.3 is 0 Å². The van der Waals surface area contributed by atoms with Gasteiger partial charge in [0.2, 0.25) is 0 Å². The van der Waals surface area contributed by atoms with Gasteiger partial charge in [-0.1, -0.05) is 26.0 Å². The second-order valence-electron chi connectivity index (χ2n) is 9.37. The number of aliphatic hydroxyl groups is 1. The van der Waals surface area contributed by atoms with Crippen LogP contribution < -0.4 is 9.47 Å². The van der Waals surface area contributed by atoms with Crippen molar-refractivity contribution in [1.29, 1.82) is 0 Å². The second kappa shape index (κ2) is 11.0. The molecule has 0 bridgehead atoms. The average Bonchev–Trinajstić information content (AvgIpc) is 3.31. The molecule has 1 aliphatic heterocycles. The Morgan fingerprint density at radius 1 is 1.00 bits per heavy atom. The molecule has 1 N–H and O–H groups in total. The van der Waals surface area contributed by atoms with Crippen molar-refractivity contribution in [1.82, 2.24) is 14.5 Å². The van der Waals surface area contributed by atoms with Gasteiger partial charge in [-0.15, -0.1) is 0 Å². The zero-order chi connectivity index (χ0) is 24.0. The predicted octanol–water partition coefficient (Wildman–Crippen LogP) is 4.63. The quantitative estimate of drug-likeness (QED) is 0.471. The molecule has 1 aliphatic rings. The van der Waals surface area contributed by atoms with Crippen LogP contribution in [0.1, 0.15) is 44.0 Å². The van der Waals surface area contributed by atoms with Gasteiger partial charge in [0.25, 0.3) is 0 Å². The SMILES string of the molecule is CC(C)c1nccn1CCOc1ccc(CN2CCC(O)(COc3ccc(F)cc3)CC2)cc1. The summed E-state index contributed by atoms with van der Waals surface area (Å²) in [5, 5.41) is 10.9. The summed E-state index contributed by atoms with van der Waals surface area (Å²) in [5.74, 6) is 2.61. The van der Waals surface area contributed by atoms with Crippen molar-refractivity contribution < 1.29 is 19.0 Å². The van der Waals surface area contributed by atoms with Gasteiger partial charge in [0, 0.05) is 37.9 Å². The largest absolute Gasteiger partial charge is 0.492 e. The molecular weight excluding hydrogens is 433 g/mol. The minimum atomic E-state index is -0.854. The monoisotopic (exact) mass is 467 g/mol. The molecule has 0 unspecified atom stereocenters. The van der Waals surface area contributed by atoms with Crippen LogP contribution in [-0.4, -0.2) is 51.5 Å². The molecule has 182 valence electrons. The lowest BCUT2D eigenvalue weighted by Crippen LogP contribution is -2.47. The Morgan fingerprint density at radius 2 is 1.65 bits per heavy atom. The molecule has 1 fully saturated rings. The molecule has 2 heterocycles. The molecule has 0 saturated carbocycles. The zero-order valence-corrected chi connectivity index (χ0v) is 20.0. The molecule has 1 saturated heterocycles. The van der Waals surface area contributed by atoms with E-state index in [1.807, 2.05) is 24.5 Å². The summed E-state index contributed by atoms with van der Waals surface area (Å²) in [6.45, 7) is 8.30. The number of piperidine rings is 1. The zero-order valence-electron chi connectivity index (χ0n) is 20.0. The summed E-state index contributed by atoms with van der Waals surface area (Å²) >= 11 is 0. The highest BCUT2D eigenvalue weighted by atomic mass is 19.1. The third kappa shape index (κ3) is 6.58. The number of hydrogen-bond acceptors (Lipinski definition) is 5. The van der Waals surface area contributed by atoms with Crippen LogP contribution in [0.25, 0.3) is 0 Å². The number of halogens is 1. The maximum Gasteiger partial charge on any atom is 0.123 e. The fourth-order valence-electron chi connectivity index (χ4n) is 4.24. The molecule has 6 nitrogen and oxygen atoms in total. The van der Waals surface area contributed by atoms with Crippen molar-refractivity contribution >= 4 is 0 Å². The predicted molar refractivity (Wildman–Crippen MR) is 130 cm³/mol. The molecule has 0 amide bonds. The normalized spacial score (nSPS) is 16.0. The van der Waals surface area contributed by atoms with Crippen molar-refractivity contribution in [3.63, 3.8) is 0 Å². The van der Waals surface area contributed by atoms with E-state index in [0.717, 1.165) is 37.8 Å². The summed E-state index contributed by atoms with van der Waals surface area (Å²) in [7, 11) is 0. The first-order valence-electron chi connectivity index (χ1n) is 12.0. The number of likely N-dealkylation sites (tertiary alicyclic amines) is 1. The molecule has 0 atom stereocenters. The minimum Gasteiger partial charge on any atom is -0.492 e. The molecule has 0 spiro atoms. The van der Waals surface area contributed by atoms with E-state index in [-0.39, 0.29) is 12.4 Å². The summed E-state index contributed by atoms with van der Waals surface area (Å²) in [6, 6.07) is 14.1. The Labute approximate surface area is 201 Å². The van der Waals surface area contributed by atoms with Crippen LogP contribution >= 0.6 is 0 Å². The highest BCUT2D eigenvalue weighted by Crippen LogP contribution is 2.25. The van der Waals surface area contributed by atoms with Gasteiger partial charge in [0.05, 0.1) is 6.54 Å². The lowest BCUT2D eigenvalue weighted by Gasteiger charge is -2.38. The summed E-state index contributed by atoms with van der Waals surface area (Å²) < 4.78 is 26.8. The summed E-state index contributed by atoms with van der Waals surface area (Å²) in [6.07, 6.45) is 5.12. The van der Waals surface area contributed by atoms with E-state index < -0.39 is 5.60 Å². The van der Waals surface area contributed by atoms with Crippen LogP contribution in [0, 0.1) is 5.82 Å². The molecule has 34 heavy (non-hydrogen) atoms. The maximum absolute atomic E-state index is 13.0. The molecular formula is C27H34FN3O3. The van der Waals surface area contributed by atoms with Gasteiger partial charge in [-0.3, -0.25) is 4.90 Å². The van der Waals surface area contributed by atoms with Crippen molar-refractivity contribution in [3.8, 4) is 11.5 Å². The molecule has 7 heteroatoms. The third-order valence-electron chi connectivity index (χ3n) is 6.30. The first-order valence-corrected chi connectivity index (χ1v) is 12.0. The molecule has 2 aromatic carbocycles. The van der Waals surface area contributed by atoms with E-state index in [9.17, 15) is 9.50 Å². The van der Waals surface area contributed by atoms with Gasteiger partial charge < -0.3 is 19.1 Å². The maximum atomic E-state index is 13.0. The van der Waals surface area contributed by atoms with Crippen LogP contribution in [0.2, 0.25) is 0 Å².